The van der Waals surface area contributed by atoms with E-state index in [1.807, 2.05) is 0 Å². The quantitative estimate of drug-likeness (QED) is 0.870. The van der Waals surface area contributed by atoms with Crippen molar-refractivity contribution in [2.45, 2.75) is 32.6 Å². The van der Waals surface area contributed by atoms with E-state index >= 15 is 0 Å². The van der Waals surface area contributed by atoms with Crippen LogP contribution in [0, 0.1) is 11.3 Å². The number of pyridine rings is 1. The lowest BCUT2D eigenvalue weighted by Gasteiger charge is -2.24. The van der Waals surface area contributed by atoms with Crippen LogP contribution in [0.4, 0.5) is 17.7 Å². The van der Waals surface area contributed by atoms with Gasteiger partial charge in [0.15, 0.2) is 0 Å². The topological polar surface area (TPSA) is 108 Å². The lowest BCUT2D eigenvalue weighted by molar-refractivity contribution is 0.541. The molecule has 26 heavy (non-hydrogen) atoms. The molecule has 8 heteroatoms. The third-order valence-corrected chi connectivity index (χ3v) is 4.30. The SMILES string of the molecule is CC(C)(C)c1nc(N)nc(N2CCCN(c3ncccc3C#N)CC2)n1. The van der Waals surface area contributed by atoms with Crippen molar-refractivity contribution in [2.75, 3.05) is 41.7 Å². The number of hydrogen-bond acceptors (Lipinski definition) is 8. The Balaban J connectivity index is 1.81. The van der Waals surface area contributed by atoms with E-state index in [4.69, 9.17) is 5.73 Å². The predicted octanol–water partition coefficient (Wildman–Crippen LogP) is 1.73. The Labute approximate surface area is 153 Å². The van der Waals surface area contributed by atoms with Gasteiger partial charge < -0.3 is 15.5 Å². The number of nitriles is 1. The monoisotopic (exact) mass is 352 g/mol. The van der Waals surface area contributed by atoms with Gasteiger partial charge in [0.25, 0.3) is 0 Å². The maximum absolute atomic E-state index is 9.32. The van der Waals surface area contributed by atoms with Crippen molar-refractivity contribution in [1.29, 1.82) is 5.26 Å². The molecular weight excluding hydrogens is 328 g/mol. The minimum atomic E-state index is -0.195. The zero-order valence-corrected chi connectivity index (χ0v) is 15.5. The molecule has 0 atom stereocenters. The first-order chi connectivity index (χ1) is 12.4. The summed E-state index contributed by atoms with van der Waals surface area (Å²) < 4.78 is 0. The highest BCUT2D eigenvalue weighted by molar-refractivity contribution is 5.54. The van der Waals surface area contributed by atoms with Crippen LogP contribution >= 0.6 is 0 Å². The molecule has 0 spiro atoms. The number of anilines is 3. The van der Waals surface area contributed by atoms with E-state index in [1.54, 1.807) is 18.3 Å². The van der Waals surface area contributed by atoms with E-state index in [1.165, 1.54) is 0 Å². The van der Waals surface area contributed by atoms with Gasteiger partial charge in [0.05, 0.1) is 5.56 Å². The number of rotatable bonds is 2. The van der Waals surface area contributed by atoms with Crippen molar-refractivity contribution in [3.05, 3.63) is 29.7 Å². The largest absolute Gasteiger partial charge is 0.368 e. The van der Waals surface area contributed by atoms with Crippen LogP contribution in [0.5, 0.6) is 0 Å². The Bertz CT molecular complexity index is 821. The molecule has 136 valence electrons. The van der Waals surface area contributed by atoms with Crippen LogP contribution in [0.15, 0.2) is 18.3 Å². The van der Waals surface area contributed by atoms with Crippen molar-refractivity contribution in [3.8, 4) is 6.07 Å². The second-order valence-electron chi connectivity index (χ2n) is 7.38. The van der Waals surface area contributed by atoms with Gasteiger partial charge in [-0.1, -0.05) is 20.8 Å². The van der Waals surface area contributed by atoms with Gasteiger partial charge in [0.1, 0.15) is 17.7 Å². The first-order valence-corrected chi connectivity index (χ1v) is 8.75. The van der Waals surface area contributed by atoms with E-state index in [0.29, 0.717) is 17.3 Å². The zero-order valence-electron chi connectivity index (χ0n) is 15.5. The third-order valence-electron chi connectivity index (χ3n) is 4.30. The average molecular weight is 352 g/mol. The first-order valence-electron chi connectivity index (χ1n) is 8.75. The van der Waals surface area contributed by atoms with E-state index < -0.39 is 0 Å². The average Bonchev–Trinajstić information content (AvgIpc) is 2.86. The molecule has 1 saturated heterocycles. The van der Waals surface area contributed by atoms with Crippen molar-refractivity contribution >= 4 is 17.7 Å². The molecule has 0 saturated carbocycles. The Morgan fingerprint density at radius 2 is 1.81 bits per heavy atom. The summed E-state index contributed by atoms with van der Waals surface area (Å²) >= 11 is 0. The van der Waals surface area contributed by atoms with Crippen molar-refractivity contribution in [2.24, 2.45) is 0 Å². The highest BCUT2D eigenvalue weighted by Gasteiger charge is 2.23. The van der Waals surface area contributed by atoms with E-state index in [2.05, 4.69) is 56.6 Å². The molecule has 0 radical (unpaired) electrons. The van der Waals surface area contributed by atoms with Crippen LogP contribution in [-0.4, -0.2) is 46.1 Å². The van der Waals surface area contributed by atoms with Crippen LogP contribution in [0.1, 0.15) is 38.6 Å². The standard InChI is InChI=1S/C18H24N8/c1-18(2,3)15-22-16(20)24-17(23-15)26-9-5-8-25(10-11-26)14-13(12-19)6-4-7-21-14/h4,6-7H,5,8-11H2,1-3H3,(H2,20,22,23,24). The minimum absolute atomic E-state index is 0.195. The molecule has 2 N–H and O–H groups in total. The molecule has 0 aliphatic carbocycles. The minimum Gasteiger partial charge on any atom is -0.368 e. The normalized spacial score (nSPS) is 15.5. The number of nitrogen functional groups attached to an aromatic ring is 1. The predicted molar refractivity (Wildman–Crippen MR) is 101 cm³/mol. The summed E-state index contributed by atoms with van der Waals surface area (Å²) in [7, 11) is 0. The number of hydrogen-bond donors (Lipinski definition) is 1. The lowest BCUT2D eigenvalue weighted by atomic mass is 9.96. The summed E-state index contributed by atoms with van der Waals surface area (Å²) in [6.07, 6.45) is 2.64. The molecule has 0 unspecified atom stereocenters. The molecule has 3 rings (SSSR count). The summed E-state index contributed by atoms with van der Waals surface area (Å²) in [6, 6.07) is 5.80. The molecular formula is C18H24N8. The van der Waals surface area contributed by atoms with Gasteiger partial charge in [-0.2, -0.15) is 20.2 Å². The molecule has 2 aromatic rings. The van der Waals surface area contributed by atoms with Crippen molar-refractivity contribution < 1.29 is 0 Å². The molecule has 8 nitrogen and oxygen atoms in total. The van der Waals surface area contributed by atoms with Crippen LogP contribution < -0.4 is 15.5 Å². The summed E-state index contributed by atoms with van der Waals surface area (Å²) in [5, 5.41) is 9.32. The second kappa shape index (κ2) is 7.12. The second-order valence-corrected chi connectivity index (χ2v) is 7.38. The number of aromatic nitrogens is 4. The molecule has 1 aliphatic heterocycles. The van der Waals surface area contributed by atoms with Crippen LogP contribution in [0.3, 0.4) is 0 Å². The fourth-order valence-electron chi connectivity index (χ4n) is 2.92. The van der Waals surface area contributed by atoms with Gasteiger partial charge in [-0.05, 0) is 18.6 Å². The van der Waals surface area contributed by atoms with Gasteiger partial charge in [0, 0.05) is 37.8 Å². The van der Waals surface area contributed by atoms with Gasteiger partial charge in [-0.3, -0.25) is 0 Å². The fourth-order valence-corrected chi connectivity index (χ4v) is 2.92. The molecule has 1 fully saturated rings. The number of nitrogens with zero attached hydrogens (tertiary/aromatic N) is 7. The molecule has 1 aliphatic rings. The Kier molecular flexibility index (Phi) is 4.89. The van der Waals surface area contributed by atoms with Gasteiger partial charge in [-0.25, -0.2) is 4.98 Å². The van der Waals surface area contributed by atoms with Gasteiger partial charge >= 0.3 is 0 Å². The summed E-state index contributed by atoms with van der Waals surface area (Å²) in [6.45, 7) is 9.28. The highest BCUT2D eigenvalue weighted by Crippen LogP contribution is 2.23. The molecule has 0 amide bonds. The van der Waals surface area contributed by atoms with Gasteiger partial charge in [0.2, 0.25) is 11.9 Å². The van der Waals surface area contributed by atoms with Gasteiger partial charge in [-0.15, -0.1) is 0 Å². The maximum atomic E-state index is 9.32. The van der Waals surface area contributed by atoms with Crippen LogP contribution in [0.25, 0.3) is 0 Å². The summed E-state index contributed by atoms with van der Waals surface area (Å²) in [4.78, 5) is 21.9. The van der Waals surface area contributed by atoms with E-state index in [-0.39, 0.29) is 11.4 Å². The Morgan fingerprint density at radius 1 is 1.08 bits per heavy atom. The maximum Gasteiger partial charge on any atom is 0.230 e. The zero-order chi connectivity index (χ0) is 18.7. The number of nitrogens with two attached hydrogens (primary N) is 1. The van der Waals surface area contributed by atoms with E-state index in [0.717, 1.165) is 38.4 Å². The van der Waals surface area contributed by atoms with E-state index in [9.17, 15) is 5.26 Å². The molecule has 0 bridgehead atoms. The summed E-state index contributed by atoms with van der Waals surface area (Å²) in [5.74, 6) is 2.29. The third kappa shape index (κ3) is 3.82. The van der Waals surface area contributed by atoms with Crippen molar-refractivity contribution in [1.82, 2.24) is 19.9 Å². The summed E-state index contributed by atoms with van der Waals surface area (Å²) in [5.41, 5.74) is 6.32. The molecule has 3 heterocycles. The Hall–Kier alpha value is -2.95. The first kappa shape index (κ1) is 17.9. The lowest BCUT2D eigenvalue weighted by Crippen LogP contribution is -2.33. The fraction of sp³-hybridized carbons (Fsp3) is 0.500. The highest BCUT2D eigenvalue weighted by atomic mass is 15.3. The van der Waals surface area contributed by atoms with Crippen LogP contribution in [0.2, 0.25) is 0 Å². The Morgan fingerprint density at radius 3 is 2.54 bits per heavy atom. The molecule has 2 aromatic heterocycles. The van der Waals surface area contributed by atoms with Crippen molar-refractivity contribution in [3.63, 3.8) is 0 Å². The molecule has 0 aromatic carbocycles. The smallest absolute Gasteiger partial charge is 0.230 e. The van der Waals surface area contributed by atoms with Crippen LogP contribution in [-0.2, 0) is 5.41 Å².